The molecule has 0 aromatic rings. The lowest BCUT2D eigenvalue weighted by molar-refractivity contribution is -0.145. The molecule has 0 heterocycles. The van der Waals surface area contributed by atoms with Crippen LogP contribution in [0.2, 0.25) is 0 Å². The van der Waals surface area contributed by atoms with Crippen molar-refractivity contribution in [3.63, 3.8) is 0 Å². The van der Waals surface area contributed by atoms with E-state index < -0.39 is 17.6 Å². The first-order chi connectivity index (χ1) is 6.82. The number of hydrogen-bond acceptors (Lipinski definition) is 4. The van der Waals surface area contributed by atoms with Gasteiger partial charge in [0.15, 0.2) is 0 Å². The van der Waals surface area contributed by atoms with Crippen molar-refractivity contribution in [1.82, 2.24) is 4.90 Å². The summed E-state index contributed by atoms with van der Waals surface area (Å²) in [5.41, 5.74) is -0.472. The molecule has 0 aromatic heterocycles. The fourth-order valence-corrected chi connectivity index (χ4v) is 1.02. The predicted molar refractivity (Wildman–Crippen MR) is 55.5 cm³/mol. The normalized spacial score (nSPS) is 10.7. The van der Waals surface area contributed by atoms with E-state index in [-0.39, 0.29) is 6.54 Å². The number of ether oxygens (including phenoxy) is 2. The second kappa shape index (κ2) is 5.58. The zero-order valence-corrected chi connectivity index (χ0v) is 9.99. The molecule has 0 saturated carbocycles. The predicted octanol–water partition coefficient (Wildman–Crippen LogP) is 1.42. The van der Waals surface area contributed by atoms with Crippen LogP contribution in [0.15, 0.2) is 0 Å². The molecule has 0 aromatic carbocycles. The zero-order valence-electron chi connectivity index (χ0n) is 9.99. The van der Waals surface area contributed by atoms with Crippen LogP contribution < -0.4 is 0 Å². The number of esters is 1. The molecular weight excluding hydrogens is 198 g/mol. The van der Waals surface area contributed by atoms with Gasteiger partial charge in [-0.15, -0.1) is 0 Å². The van der Waals surface area contributed by atoms with Crippen molar-refractivity contribution in [3.8, 4) is 0 Å². The fraction of sp³-hybridized carbons (Fsp3) is 0.800. The first kappa shape index (κ1) is 13.7. The maximum absolute atomic E-state index is 11.4. The van der Waals surface area contributed by atoms with Gasteiger partial charge in [0.05, 0.1) is 13.7 Å². The molecule has 0 bridgehead atoms. The van der Waals surface area contributed by atoms with Crippen LogP contribution in [0, 0.1) is 0 Å². The number of amides is 1. The standard InChI is InChI=1S/C10H19NO4/c1-6-15-8(12)7-11(9(13)14-5)10(2,3)4/h6-7H2,1-5H3. The summed E-state index contributed by atoms with van der Waals surface area (Å²) in [5.74, 6) is -0.433. The van der Waals surface area contributed by atoms with E-state index in [4.69, 9.17) is 4.74 Å². The van der Waals surface area contributed by atoms with Crippen molar-refractivity contribution in [2.24, 2.45) is 0 Å². The van der Waals surface area contributed by atoms with E-state index in [0.717, 1.165) is 0 Å². The smallest absolute Gasteiger partial charge is 0.410 e. The molecule has 0 aliphatic heterocycles. The molecule has 0 aliphatic rings. The summed E-state index contributed by atoms with van der Waals surface area (Å²) in [4.78, 5) is 24.0. The van der Waals surface area contributed by atoms with Crippen molar-refractivity contribution in [3.05, 3.63) is 0 Å². The topological polar surface area (TPSA) is 55.8 Å². The number of carbonyl (C=O) groups excluding carboxylic acids is 2. The molecule has 1 amide bonds. The highest BCUT2D eigenvalue weighted by molar-refractivity contribution is 5.78. The average Bonchev–Trinajstić information content (AvgIpc) is 2.12. The van der Waals surface area contributed by atoms with Gasteiger partial charge in [-0.25, -0.2) is 4.79 Å². The first-order valence-corrected chi connectivity index (χ1v) is 4.84. The van der Waals surface area contributed by atoms with E-state index in [9.17, 15) is 9.59 Å². The Morgan fingerprint density at radius 1 is 1.27 bits per heavy atom. The van der Waals surface area contributed by atoms with Gasteiger partial charge in [0.2, 0.25) is 0 Å². The van der Waals surface area contributed by atoms with Gasteiger partial charge >= 0.3 is 12.1 Å². The molecule has 0 spiro atoms. The van der Waals surface area contributed by atoms with Gasteiger partial charge in [0.1, 0.15) is 6.54 Å². The van der Waals surface area contributed by atoms with Gasteiger partial charge in [0.25, 0.3) is 0 Å². The number of nitrogens with zero attached hydrogens (tertiary/aromatic N) is 1. The van der Waals surface area contributed by atoms with Crippen LogP contribution in [0.25, 0.3) is 0 Å². The molecular formula is C10H19NO4. The maximum Gasteiger partial charge on any atom is 0.410 e. The third-order valence-corrected chi connectivity index (χ3v) is 1.80. The van der Waals surface area contributed by atoms with Crippen LogP contribution in [-0.4, -0.2) is 42.8 Å². The number of rotatable bonds is 3. The third kappa shape index (κ3) is 4.67. The second-order valence-corrected chi connectivity index (χ2v) is 4.03. The van der Waals surface area contributed by atoms with E-state index in [0.29, 0.717) is 6.61 Å². The van der Waals surface area contributed by atoms with E-state index in [1.54, 1.807) is 6.92 Å². The number of hydrogen-bond donors (Lipinski definition) is 0. The quantitative estimate of drug-likeness (QED) is 0.671. The molecule has 0 fully saturated rings. The van der Waals surface area contributed by atoms with Gasteiger partial charge in [0, 0.05) is 5.54 Å². The summed E-state index contributed by atoms with van der Waals surface area (Å²) in [7, 11) is 1.28. The molecule has 0 unspecified atom stereocenters. The Morgan fingerprint density at radius 3 is 2.13 bits per heavy atom. The third-order valence-electron chi connectivity index (χ3n) is 1.80. The largest absolute Gasteiger partial charge is 0.465 e. The molecule has 5 heteroatoms. The Hall–Kier alpha value is -1.26. The van der Waals surface area contributed by atoms with Gasteiger partial charge in [-0.1, -0.05) is 0 Å². The Morgan fingerprint density at radius 2 is 1.80 bits per heavy atom. The Bertz CT molecular complexity index is 232. The van der Waals surface area contributed by atoms with Crippen LogP contribution in [0.4, 0.5) is 4.79 Å². The first-order valence-electron chi connectivity index (χ1n) is 4.84. The molecule has 0 atom stereocenters. The fourth-order valence-electron chi connectivity index (χ4n) is 1.02. The number of carbonyl (C=O) groups is 2. The lowest BCUT2D eigenvalue weighted by Gasteiger charge is -2.33. The molecule has 0 radical (unpaired) electrons. The Balaban J connectivity index is 4.53. The Kier molecular flexibility index (Phi) is 5.11. The molecule has 0 N–H and O–H groups in total. The van der Waals surface area contributed by atoms with Crippen molar-refractivity contribution in [1.29, 1.82) is 0 Å². The van der Waals surface area contributed by atoms with Gasteiger partial charge in [-0.05, 0) is 27.7 Å². The minimum absolute atomic E-state index is 0.0932. The number of methoxy groups -OCH3 is 1. The van der Waals surface area contributed by atoms with E-state index in [2.05, 4.69) is 4.74 Å². The SMILES string of the molecule is CCOC(=O)CN(C(=O)OC)C(C)(C)C. The van der Waals surface area contributed by atoms with Gasteiger partial charge in [-0.3, -0.25) is 9.69 Å². The minimum Gasteiger partial charge on any atom is -0.465 e. The van der Waals surface area contributed by atoms with E-state index >= 15 is 0 Å². The van der Waals surface area contributed by atoms with Crippen LogP contribution in [-0.2, 0) is 14.3 Å². The van der Waals surface area contributed by atoms with E-state index in [1.807, 2.05) is 20.8 Å². The van der Waals surface area contributed by atoms with Crippen LogP contribution in [0.5, 0.6) is 0 Å². The lowest BCUT2D eigenvalue weighted by atomic mass is 10.1. The van der Waals surface area contributed by atoms with Crippen molar-refractivity contribution in [2.75, 3.05) is 20.3 Å². The second-order valence-electron chi connectivity index (χ2n) is 4.03. The van der Waals surface area contributed by atoms with Crippen LogP contribution in [0.1, 0.15) is 27.7 Å². The summed E-state index contributed by atoms with van der Waals surface area (Å²) >= 11 is 0. The van der Waals surface area contributed by atoms with Gasteiger partial charge in [-0.2, -0.15) is 0 Å². The summed E-state index contributed by atoms with van der Waals surface area (Å²) in [6.07, 6.45) is -0.532. The molecule has 88 valence electrons. The zero-order chi connectivity index (χ0) is 12.1. The minimum atomic E-state index is -0.532. The molecule has 15 heavy (non-hydrogen) atoms. The molecule has 0 aliphatic carbocycles. The summed E-state index contributed by atoms with van der Waals surface area (Å²) in [6, 6.07) is 0. The summed E-state index contributed by atoms with van der Waals surface area (Å²) in [6.45, 7) is 7.40. The van der Waals surface area contributed by atoms with Crippen LogP contribution >= 0.6 is 0 Å². The van der Waals surface area contributed by atoms with Crippen LogP contribution in [0.3, 0.4) is 0 Å². The molecule has 5 nitrogen and oxygen atoms in total. The Labute approximate surface area is 90.3 Å². The van der Waals surface area contributed by atoms with Crippen molar-refractivity contribution < 1.29 is 19.1 Å². The van der Waals surface area contributed by atoms with E-state index in [1.165, 1.54) is 12.0 Å². The average molecular weight is 217 g/mol. The maximum atomic E-state index is 11.4. The highest BCUT2D eigenvalue weighted by Crippen LogP contribution is 2.14. The van der Waals surface area contributed by atoms with Crippen molar-refractivity contribution >= 4 is 12.1 Å². The highest BCUT2D eigenvalue weighted by atomic mass is 16.5. The highest BCUT2D eigenvalue weighted by Gasteiger charge is 2.29. The lowest BCUT2D eigenvalue weighted by Crippen LogP contribution is -2.48. The summed E-state index contributed by atoms with van der Waals surface area (Å²) < 4.78 is 9.37. The summed E-state index contributed by atoms with van der Waals surface area (Å²) in [5, 5.41) is 0. The van der Waals surface area contributed by atoms with Gasteiger partial charge < -0.3 is 9.47 Å². The molecule has 0 saturated heterocycles. The molecule has 0 rings (SSSR count). The monoisotopic (exact) mass is 217 g/mol. The van der Waals surface area contributed by atoms with Crippen molar-refractivity contribution in [2.45, 2.75) is 33.2 Å².